The van der Waals surface area contributed by atoms with Crippen LogP contribution in [-0.4, -0.2) is 54.1 Å². The molecule has 206 valence electrons. The third kappa shape index (κ3) is 3.36. The van der Waals surface area contributed by atoms with Gasteiger partial charge in [-0.25, -0.2) is 4.79 Å². The number of hydrogen-bond donors (Lipinski definition) is 0. The highest BCUT2D eigenvalue weighted by Gasteiger charge is 2.83. The third-order valence-corrected chi connectivity index (χ3v) is 10.6. The van der Waals surface area contributed by atoms with Gasteiger partial charge in [-0.05, 0) is 68.7 Å². The molecule has 1 saturated heterocycles. The molecule has 1 aromatic carbocycles. The fourth-order valence-corrected chi connectivity index (χ4v) is 8.83. The Morgan fingerprint density at radius 2 is 1.87 bits per heavy atom. The highest BCUT2D eigenvalue weighted by molar-refractivity contribution is 6.01. The first kappa shape index (κ1) is 26.1. The summed E-state index contributed by atoms with van der Waals surface area (Å²) in [5.41, 5.74) is -2.52. The van der Waals surface area contributed by atoms with Gasteiger partial charge in [-0.15, -0.1) is 0 Å². The Hall–Kier alpha value is -3.13. The van der Waals surface area contributed by atoms with E-state index >= 15 is 0 Å². The first-order valence-electron chi connectivity index (χ1n) is 13.7. The van der Waals surface area contributed by atoms with E-state index < -0.39 is 59.0 Å². The van der Waals surface area contributed by atoms with Gasteiger partial charge in [-0.1, -0.05) is 36.8 Å². The molecule has 1 spiro atoms. The summed E-state index contributed by atoms with van der Waals surface area (Å²) in [5, 5.41) is 0. The van der Waals surface area contributed by atoms with Crippen molar-refractivity contribution in [3.05, 3.63) is 59.7 Å². The van der Waals surface area contributed by atoms with Crippen LogP contribution in [0.3, 0.4) is 0 Å². The standard InChI is InChI=1S/C31H33FO7/c1-18(33)37-17-25(35)30(39-27(36)19-7-5-4-6-8-19)21(16-32)14-24-23-10-9-20-13-22(34)11-12-28(20,2)31(23)26(38-31)15-29(24,30)3/h4-8,11-13,21,23-24,26H,9-10,14-17H2,1-3H3/t21-,23-,24-,26-,28-,29-,30-,31+/m0/s1. The quantitative estimate of drug-likeness (QED) is 0.394. The van der Waals surface area contributed by atoms with Crippen LogP contribution in [0.4, 0.5) is 4.39 Å². The van der Waals surface area contributed by atoms with Crippen molar-refractivity contribution in [2.75, 3.05) is 13.3 Å². The van der Waals surface area contributed by atoms with Crippen molar-refractivity contribution < 1.29 is 37.8 Å². The molecule has 8 atom stereocenters. The molecule has 1 heterocycles. The summed E-state index contributed by atoms with van der Waals surface area (Å²) in [4.78, 5) is 51.4. The summed E-state index contributed by atoms with van der Waals surface area (Å²) >= 11 is 0. The molecule has 0 amide bonds. The van der Waals surface area contributed by atoms with Gasteiger partial charge < -0.3 is 14.2 Å². The van der Waals surface area contributed by atoms with Gasteiger partial charge in [0.25, 0.3) is 0 Å². The van der Waals surface area contributed by atoms with E-state index in [9.17, 15) is 23.6 Å². The van der Waals surface area contributed by atoms with Crippen molar-refractivity contribution in [2.45, 2.75) is 63.8 Å². The number of fused-ring (bicyclic) bond motifs is 3. The van der Waals surface area contributed by atoms with Crippen LogP contribution in [0.5, 0.6) is 0 Å². The van der Waals surface area contributed by atoms with Crippen molar-refractivity contribution in [2.24, 2.45) is 28.6 Å². The molecule has 4 fully saturated rings. The van der Waals surface area contributed by atoms with E-state index in [2.05, 4.69) is 6.92 Å². The summed E-state index contributed by atoms with van der Waals surface area (Å²) in [6, 6.07) is 8.33. The van der Waals surface area contributed by atoms with Crippen molar-refractivity contribution >= 4 is 23.5 Å². The number of carbonyl (C=O) groups is 4. The Morgan fingerprint density at radius 1 is 1.13 bits per heavy atom. The summed E-state index contributed by atoms with van der Waals surface area (Å²) in [7, 11) is 0. The van der Waals surface area contributed by atoms with Crippen LogP contribution in [0.1, 0.15) is 56.8 Å². The molecular formula is C31H33FO7. The maximum Gasteiger partial charge on any atom is 0.339 e. The Labute approximate surface area is 226 Å². The number of carbonyl (C=O) groups excluding carboxylic acids is 4. The van der Waals surface area contributed by atoms with Gasteiger partial charge in [0.2, 0.25) is 5.78 Å². The Bertz CT molecular complexity index is 1320. The Morgan fingerprint density at radius 3 is 2.56 bits per heavy atom. The fraction of sp³-hybridized carbons (Fsp3) is 0.548. The van der Waals surface area contributed by atoms with Crippen LogP contribution in [0.2, 0.25) is 0 Å². The maximum absolute atomic E-state index is 15.0. The second kappa shape index (κ2) is 8.68. The molecule has 1 aliphatic heterocycles. The first-order valence-corrected chi connectivity index (χ1v) is 13.7. The maximum atomic E-state index is 15.0. The zero-order valence-electron chi connectivity index (χ0n) is 22.4. The predicted octanol–water partition coefficient (Wildman–Crippen LogP) is 4.35. The van der Waals surface area contributed by atoms with Crippen molar-refractivity contribution in [3.63, 3.8) is 0 Å². The minimum Gasteiger partial charge on any atom is -0.458 e. The van der Waals surface area contributed by atoms with Crippen LogP contribution < -0.4 is 0 Å². The molecule has 5 aliphatic rings. The second-order valence-corrected chi connectivity index (χ2v) is 12.2. The molecule has 0 unspecified atom stereocenters. The Balaban J connectivity index is 1.44. The number of ketones is 2. The molecule has 4 aliphatic carbocycles. The average Bonchev–Trinajstić information content (AvgIpc) is 3.58. The molecule has 0 bridgehead atoms. The van der Waals surface area contributed by atoms with Gasteiger partial charge in [-0.2, -0.15) is 0 Å². The van der Waals surface area contributed by atoms with Crippen LogP contribution >= 0.6 is 0 Å². The fourth-order valence-electron chi connectivity index (χ4n) is 8.83. The molecule has 0 N–H and O–H groups in total. The average molecular weight is 537 g/mol. The lowest BCUT2D eigenvalue weighted by atomic mass is 9.46. The zero-order valence-corrected chi connectivity index (χ0v) is 22.4. The molecule has 1 aromatic rings. The largest absolute Gasteiger partial charge is 0.458 e. The van der Waals surface area contributed by atoms with E-state index in [0.29, 0.717) is 19.3 Å². The predicted molar refractivity (Wildman–Crippen MR) is 137 cm³/mol. The Kier molecular flexibility index (Phi) is 5.81. The van der Waals surface area contributed by atoms with E-state index in [1.165, 1.54) is 6.92 Å². The van der Waals surface area contributed by atoms with Gasteiger partial charge in [0.05, 0.1) is 18.3 Å². The molecule has 3 saturated carbocycles. The van der Waals surface area contributed by atoms with E-state index in [1.54, 1.807) is 42.5 Å². The number of halogens is 1. The first-order chi connectivity index (χ1) is 18.5. The van der Waals surface area contributed by atoms with E-state index in [-0.39, 0.29) is 29.3 Å². The minimum absolute atomic E-state index is 0.0311. The van der Waals surface area contributed by atoms with Crippen LogP contribution in [-0.2, 0) is 28.6 Å². The number of Topliss-reactive ketones (excluding diaryl/α,β-unsaturated/α-hetero) is 1. The van der Waals surface area contributed by atoms with E-state index in [1.807, 2.05) is 13.0 Å². The molecule has 8 heteroatoms. The van der Waals surface area contributed by atoms with Gasteiger partial charge in [-0.3, -0.25) is 18.8 Å². The van der Waals surface area contributed by atoms with Crippen LogP contribution in [0.25, 0.3) is 0 Å². The SMILES string of the molecule is CC(=O)OCC(=O)[C@@]1(OC(=O)c2ccccc2)[C@H](CF)C[C@H]2[C@@H]3CCC4=CC(=O)C=C[C@]4(C)[C@@]34O[C@H]4C[C@@]21C. The van der Waals surface area contributed by atoms with Crippen molar-refractivity contribution in [1.29, 1.82) is 0 Å². The lowest BCUT2D eigenvalue weighted by Crippen LogP contribution is -2.64. The van der Waals surface area contributed by atoms with Gasteiger partial charge in [0.15, 0.2) is 18.0 Å². The molecular weight excluding hydrogens is 503 g/mol. The monoisotopic (exact) mass is 536 g/mol. The highest BCUT2D eigenvalue weighted by atomic mass is 19.1. The van der Waals surface area contributed by atoms with Crippen molar-refractivity contribution in [1.82, 2.24) is 0 Å². The zero-order chi connectivity index (χ0) is 27.8. The normalized spacial score (nSPS) is 41.3. The van der Waals surface area contributed by atoms with Gasteiger partial charge >= 0.3 is 11.9 Å². The molecule has 0 radical (unpaired) electrons. The highest BCUT2D eigenvalue weighted by Crippen LogP contribution is 2.77. The number of benzene rings is 1. The van der Waals surface area contributed by atoms with Crippen LogP contribution in [0, 0.1) is 28.6 Å². The number of alkyl halides is 1. The summed E-state index contributed by atoms with van der Waals surface area (Å²) < 4.78 is 32.9. The number of allylic oxidation sites excluding steroid dienone is 2. The molecule has 39 heavy (non-hydrogen) atoms. The number of hydrogen-bond acceptors (Lipinski definition) is 7. The third-order valence-electron chi connectivity index (χ3n) is 10.6. The summed E-state index contributed by atoms with van der Waals surface area (Å²) in [6.07, 6.45) is 7.13. The minimum atomic E-state index is -1.83. The topological polar surface area (TPSA) is 99.3 Å². The summed E-state index contributed by atoms with van der Waals surface area (Å²) in [6.45, 7) is 3.75. The van der Waals surface area contributed by atoms with Crippen molar-refractivity contribution in [3.8, 4) is 0 Å². The second-order valence-electron chi connectivity index (χ2n) is 12.2. The van der Waals surface area contributed by atoms with E-state index in [4.69, 9.17) is 14.2 Å². The molecule has 7 nitrogen and oxygen atoms in total. The van der Waals surface area contributed by atoms with Gasteiger partial charge in [0.1, 0.15) is 5.60 Å². The lowest BCUT2D eigenvalue weighted by molar-refractivity contribution is -0.173. The number of ether oxygens (including phenoxy) is 3. The van der Waals surface area contributed by atoms with E-state index in [0.717, 1.165) is 12.0 Å². The molecule has 6 rings (SSSR count). The lowest BCUT2D eigenvalue weighted by Gasteiger charge is -2.56. The number of esters is 2. The van der Waals surface area contributed by atoms with Crippen LogP contribution in [0.15, 0.2) is 54.1 Å². The number of epoxide rings is 1. The molecule has 0 aromatic heterocycles. The number of rotatable bonds is 6. The smallest absolute Gasteiger partial charge is 0.339 e. The van der Waals surface area contributed by atoms with Gasteiger partial charge in [0, 0.05) is 23.7 Å². The summed E-state index contributed by atoms with van der Waals surface area (Å²) in [5.74, 6) is -3.11.